The lowest BCUT2D eigenvalue weighted by atomic mass is 10.2. The number of rotatable bonds is 7. The zero-order chi connectivity index (χ0) is 21.3. The zero-order valence-electron chi connectivity index (χ0n) is 19.0. The number of alkyl carbamates (subject to hydrolysis) is 1. The fraction of sp³-hybridized carbons (Fsp3) is 0.636. The molecule has 1 aromatic rings. The summed E-state index contributed by atoms with van der Waals surface area (Å²) in [6.45, 7) is 9.14. The minimum atomic E-state index is -0.478. The smallest absolute Gasteiger partial charge is 0.407 e. The third kappa shape index (κ3) is 9.40. The van der Waals surface area contributed by atoms with Gasteiger partial charge in [0.15, 0.2) is 5.96 Å². The molecule has 8 heteroatoms. The average Bonchev–Trinajstić information content (AvgIpc) is 3.11. The number of ether oxygens (including phenoxy) is 1. The fourth-order valence-electron chi connectivity index (χ4n) is 3.36. The number of halogens is 1. The average molecular weight is 531 g/mol. The number of hydrogen-bond acceptors (Lipinski definition) is 4. The van der Waals surface area contributed by atoms with E-state index in [1.54, 1.807) is 7.05 Å². The largest absolute Gasteiger partial charge is 0.444 e. The predicted octanol–water partition coefficient (Wildman–Crippen LogP) is 3.70. The van der Waals surface area contributed by atoms with Crippen molar-refractivity contribution >= 4 is 41.7 Å². The van der Waals surface area contributed by atoms with Crippen LogP contribution in [0.15, 0.2) is 35.3 Å². The van der Waals surface area contributed by atoms with Crippen molar-refractivity contribution in [2.45, 2.75) is 51.7 Å². The van der Waals surface area contributed by atoms with Crippen molar-refractivity contribution in [3.05, 3.63) is 30.3 Å². The van der Waals surface area contributed by atoms with Crippen molar-refractivity contribution in [3.8, 4) is 0 Å². The van der Waals surface area contributed by atoms with Crippen LogP contribution in [0.25, 0.3) is 0 Å². The van der Waals surface area contributed by atoms with Crippen molar-refractivity contribution in [1.29, 1.82) is 0 Å². The Kier molecular flexibility index (Phi) is 11.3. The van der Waals surface area contributed by atoms with Crippen molar-refractivity contribution in [1.82, 2.24) is 15.5 Å². The molecule has 0 aromatic heterocycles. The Bertz CT molecular complexity index is 663. The maximum absolute atomic E-state index is 12.0. The van der Waals surface area contributed by atoms with Gasteiger partial charge in [0.25, 0.3) is 0 Å². The van der Waals surface area contributed by atoms with Crippen molar-refractivity contribution in [2.75, 3.05) is 45.2 Å². The lowest BCUT2D eigenvalue weighted by molar-refractivity contribution is 0.0507. The fourth-order valence-corrected chi connectivity index (χ4v) is 3.36. The van der Waals surface area contributed by atoms with Gasteiger partial charge in [0.2, 0.25) is 0 Å². The first-order valence-electron chi connectivity index (χ1n) is 10.5. The molecule has 1 aromatic carbocycles. The van der Waals surface area contributed by atoms with Gasteiger partial charge in [0, 0.05) is 46.0 Å². The number of anilines is 1. The summed E-state index contributed by atoms with van der Waals surface area (Å²) < 4.78 is 5.35. The summed E-state index contributed by atoms with van der Waals surface area (Å²) in [5, 5.41) is 6.41. The minimum Gasteiger partial charge on any atom is -0.444 e. The number of nitrogens with one attached hydrogen (secondary N) is 2. The monoisotopic (exact) mass is 531 g/mol. The molecule has 1 amide bonds. The Morgan fingerprint density at radius 3 is 2.60 bits per heavy atom. The van der Waals surface area contributed by atoms with Crippen LogP contribution < -0.4 is 15.5 Å². The van der Waals surface area contributed by atoms with Crippen LogP contribution in [-0.4, -0.2) is 68.9 Å². The van der Waals surface area contributed by atoms with E-state index in [-0.39, 0.29) is 36.1 Å². The SMILES string of the molecule is CN=C(NCCCCN(C)c1ccccc1)N1CCC(NC(=O)OC(C)(C)C)C1.I. The Balaban J connectivity index is 0.00000450. The van der Waals surface area contributed by atoms with E-state index in [1.165, 1.54) is 5.69 Å². The van der Waals surface area contributed by atoms with E-state index >= 15 is 0 Å². The number of aliphatic imine (C=N–C) groups is 1. The van der Waals surface area contributed by atoms with E-state index in [9.17, 15) is 4.79 Å². The molecule has 2 N–H and O–H groups in total. The van der Waals surface area contributed by atoms with Crippen LogP contribution in [0.4, 0.5) is 10.5 Å². The van der Waals surface area contributed by atoms with Crippen LogP contribution in [0.5, 0.6) is 0 Å². The standard InChI is InChI=1S/C22H37N5O2.HI/c1-22(2,3)29-21(28)25-18-13-16-27(17-18)20(23-4)24-14-9-10-15-26(5)19-11-7-6-8-12-19;/h6-8,11-12,18H,9-10,13-17H2,1-5H3,(H,23,24)(H,25,28);1H. The summed E-state index contributed by atoms with van der Waals surface area (Å²) in [5.41, 5.74) is 0.769. The molecule has 1 fully saturated rings. The molecular formula is C22H38IN5O2. The maximum Gasteiger partial charge on any atom is 0.407 e. The highest BCUT2D eigenvalue weighted by molar-refractivity contribution is 14.0. The number of hydrogen-bond donors (Lipinski definition) is 2. The van der Waals surface area contributed by atoms with Crippen molar-refractivity contribution in [3.63, 3.8) is 0 Å². The van der Waals surface area contributed by atoms with Crippen molar-refractivity contribution < 1.29 is 9.53 Å². The summed E-state index contributed by atoms with van der Waals surface area (Å²) in [4.78, 5) is 20.8. The molecule has 1 saturated heterocycles. The summed E-state index contributed by atoms with van der Waals surface area (Å²) in [7, 11) is 3.93. The third-order valence-corrected chi connectivity index (χ3v) is 4.82. The molecule has 1 unspecified atom stereocenters. The third-order valence-electron chi connectivity index (χ3n) is 4.82. The van der Waals surface area contributed by atoms with E-state index in [0.717, 1.165) is 51.4 Å². The van der Waals surface area contributed by atoms with Gasteiger partial charge in [-0.15, -0.1) is 24.0 Å². The highest BCUT2D eigenvalue weighted by Gasteiger charge is 2.27. The van der Waals surface area contributed by atoms with Crippen LogP contribution in [0.2, 0.25) is 0 Å². The molecule has 1 heterocycles. The number of benzene rings is 1. The van der Waals surface area contributed by atoms with Gasteiger partial charge in [0.1, 0.15) is 5.60 Å². The second-order valence-electron chi connectivity index (χ2n) is 8.52. The van der Waals surface area contributed by atoms with E-state index in [0.29, 0.717) is 0 Å². The minimum absolute atomic E-state index is 0. The molecule has 2 rings (SSSR count). The quantitative estimate of drug-likeness (QED) is 0.243. The van der Waals surface area contributed by atoms with Crippen LogP contribution in [0.3, 0.4) is 0 Å². The Morgan fingerprint density at radius 2 is 1.97 bits per heavy atom. The topological polar surface area (TPSA) is 69.2 Å². The van der Waals surface area contributed by atoms with Gasteiger partial charge < -0.3 is 25.2 Å². The highest BCUT2D eigenvalue weighted by Crippen LogP contribution is 2.13. The number of amides is 1. The van der Waals surface area contributed by atoms with Gasteiger partial charge >= 0.3 is 6.09 Å². The Hall–Kier alpha value is -1.71. The van der Waals surface area contributed by atoms with E-state index in [4.69, 9.17) is 4.74 Å². The van der Waals surface area contributed by atoms with Gasteiger partial charge in [-0.25, -0.2) is 4.79 Å². The lowest BCUT2D eigenvalue weighted by Crippen LogP contribution is -2.44. The lowest BCUT2D eigenvalue weighted by Gasteiger charge is -2.23. The number of carbonyl (C=O) groups excluding carboxylic acids is 1. The summed E-state index contributed by atoms with van der Waals surface area (Å²) in [6.07, 6.45) is 2.72. The second-order valence-corrected chi connectivity index (χ2v) is 8.52. The molecule has 1 aliphatic rings. The summed E-state index contributed by atoms with van der Waals surface area (Å²) >= 11 is 0. The first-order chi connectivity index (χ1) is 13.8. The first-order valence-corrected chi connectivity index (χ1v) is 10.5. The second kappa shape index (κ2) is 12.9. The van der Waals surface area contributed by atoms with E-state index in [1.807, 2.05) is 26.8 Å². The summed E-state index contributed by atoms with van der Waals surface area (Å²) in [5.74, 6) is 0.898. The van der Waals surface area contributed by atoms with Crippen molar-refractivity contribution in [2.24, 2.45) is 4.99 Å². The Morgan fingerprint density at radius 1 is 1.27 bits per heavy atom. The van der Waals surface area contributed by atoms with Crippen LogP contribution in [0, 0.1) is 0 Å². The molecule has 1 aliphatic heterocycles. The van der Waals surface area contributed by atoms with E-state index in [2.05, 4.69) is 56.7 Å². The molecule has 0 spiro atoms. The summed E-state index contributed by atoms with van der Waals surface area (Å²) in [6, 6.07) is 10.5. The molecular weight excluding hydrogens is 493 g/mol. The van der Waals surface area contributed by atoms with Gasteiger partial charge in [-0.05, 0) is 52.2 Å². The van der Waals surface area contributed by atoms with E-state index < -0.39 is 5.60 Å². The van der Waals surface area contributed by atoms with Gasteiger partial charge in [-0.1, -0.05) is 18.2 Å². The number of guanidine groups is 1. The molecule has 0 bridgehead atoms. The number of nitrogens with zero attached hydrogens (tertiary/aromatic N) is 3. The number of carbonyl (C=O) groups is 1. The highest BCUT2D eigenvalue weighted by atomic mass is 127. The normalized spacial score (nSPS) is 16.6. The van der Waals surface area contributed by atoms with Gasteiger partial charge in [-0.3, -0.25) is 4.99 Å². The van der Waals surface area contributed by atoms with Gasteiger partial charge in [0.05, 0.1) is 6.04 Å². The number of unbranched alkanes of at least 4 members (excludes halogenated alkanes) is 1. The number of para-hydroxylation sites is 1. The zero-order valence-corrected chi connectivity index (χ0v) is 21.3. The maximum atomic E-state index is 12.0. The molecule has 0 radical (unpaired) electrons. The molecule has 1 atom stereocenters. The van der Waals surface area contributed by atoms with Crippen LogP contribution in [0.1, 0.15) is 40.0 Å². The number of likely N-dealkylation sites (tertiary alicyclic amines) is 1. The van der Waals surface area contributed by atoms with Gasteiger partial charge in [-0.2, -0.15) is 0 Å². The molecule has 7 nitrogen and oxygen atoms in total. The van der Waals surface area contributed by atoms with Crippen LogP contribution in [-0.2, 0) is 4.74 Å². The first kappa shape index (κ1) is 26.3. The van der Waals surface area contributed by atoms with Crippen LogP contribution >= 0.6 is 24.0 Å². The molecule has 170 valence electrons. The molecule has 0 aliphatic carbocycles. The predicted molar refractivity (Wildman–Crippen MR) is 135 cm³/mol. The molecule has 0 saturated carbocycles. The molecule has 30 heavy (non-hydrogen) atoms. The Labute approximate surface area is 198 Å².